The number of ether oxygens (including phenoxy) is 1. The van der Waals surface area contributed by atoms with E-state index in [9.17, 15) is 9.59 Å². The molecule has 1 fully saturated rings. The normalized spacial score (nSPS) is 25.3. The lowest BCUT2D eigenvalue weighted by molar-refractivity contribution is -0.104. The molecule has 0 saturated carbocycles. The van der Waals surface area contributed by atoms with Crippen LogP contribution in [0.3, 0.4) is 0 Å². The predicted octanol–water partition coefficient (Wildman–Crippen LogP) is 2.39. The number of allylic oxidation sites excluding steroid dienone is 1. The fourth-order valence-corrected chi connectivity index (χ4v) is 1.96. The highest BCUT2D eigenvalue weighted by atomic mass is 16.6. The van der Waals surface area contributed by atoms with Crippen LogP contribution in [0.5, 0.6) is 0 Å². The second-order valence-electron chi connectivity index (χ2n) is 5.45. The Morgan fingerprint density at radius 2 is 2.06 bits per heavy atom. The number of carbonyl (C=O) groups excluding carboxylic acids is 2. The highest BCUT2D eigenvalue weighted by molar-refractivity contribution is 5.70. The zero-order valence-electron chi connectivity index (χ0n) is 11.0. The molecule has 0 aromatic carbocycles. The molecule has 4 nitrogen and oxygen atoms in total. The first-order valence-corrected chi connectivity index (χ1v) is 5.97. The van der Waals surface area contributed by atoms with E-state index in [2.05, 4.69) is 6.92 Å². The molecule has 0 N–H and O–H groups in total. The molecule has 1 rings (SSSR count). The van der Waals surface area contributed by atoms with E-state index in [0.717, 1.165) is 12.7 Å². The number of amides is 1. The molecule has 0 aromatic rings. The molecule has 96 valence electrons. The first-order chi connectivity index (χ1) is 7.85. The van der Waals surface area contributed by atoms with Crippen LogP contribution in [0, 0.1) is 5.92 Å². The van der Waals surface area contributed by atoms with Gasteiger partial charge in [-0.25, -0.2) is 4.79 Å². The molecule has 0 radical (unpaired) electrons. The van der Waals surface area contributed by atoms with Gasteiger partial charge in [-0.3, -0.25) is 4.79 Å². The van der Waals surface area contributed by atoms with Crippen molar-refractivity contribution in [3.63, 3.8) is 0 Å². The van der Waals surface area contributed by atoms with Crippen LogP contribution in [0.1, 0.15) is 34.1 Å². The quantitative estimate of drug-likeness (QED) is 0.549. The molecule has 17 heavy (non-hydrogen) atoms. The summed E-state index contributed by atoms with van der Waals surface area (Å²) in [5, 5.41) is 0. The summed E-state index contributed by atoms with van der Waals surface area (Å²) in [7, 11) is 0. The first kappa shape index (κ1) is 13.7. The third-order valence-electron chi connectivity index (χ3n) is 2.78. The van der Waals surface area contributed by atoms with Gasteiger partial charge in [0.25, 0.3) is 0 Å². The van der Waals surface area contributed by atoms with Crippen molar-refractivity contribution in [2.45, 2.75) is 45.8 Å². The van der Waals surface area contributed by atoms with Crippen molar-refractivity contribution in [2.75, 3.05) is 6.54 Å². The SMILES string of the molecule is C[C@H]1CCN(C(=O)OC(C)(C)C)[C@@H]1/C=C/C=O. The number of rotatable bonds is 2. The number of hydrogen-bond donors (Lipinski definition) is 0. The number of hydrogen-bond acceptors (Lipinski definition) is 3. The lowest BCUT2D eigenvalue weighted by Gasteiger charge is -2.28. The number of aldehydes is 1. The van der Waals surface area contributed by atoms with Crippen LogP contribution in [-0.2, 0) is 9.53 Å². The third kappa shape index (κ3) is 3.88. The second kappa shape index (κ2) is 5.34. The van der Waals surface area contributed by atoms with Gasteiger partial charge >= 0.3 is 6.09 Å². The summed E-state index contributed by atoms with van der Waals surface area (Å²) < 4.78 is 5.34. The maximum atomic E-state index is 12.0. The predicted molar refractivity (Wildman–Crippen MR) is 65.7 cm³/mol. The first-order valence-electron chi connectivity index (χ1n) is 5.97. The minimum atomic E-state index is -0.484. The van der Waals surface area contributed by atoms with Gasteiger partial charge in [0.15, 0.2) is 0 Å². The molecule has 0 aliphatic carbocycles. The Morgan fingerprint density at radius 1 is 1.41 bits per heavy atom. The van der Waals surface area contributed by atoms with E-state index in [-0.39, 0.29) is 12.1 Å². The van der Waals surface area contributed by atoms with Crippen LogP contribution in [0.4, 0.5) is 4.79 Å². The summed E-state index contributed by atoms with van der Waals surface area (Å²) >= 11 is 0. The van der Waals surface area contributed by atoms with Crippen molar-refractivity contribution in [1.82, 2.24) is 4.90 Å². The van der Waals surface area contributed by atoms with Crippen molar-refractivity contribution >= 4 is 12.4 Å². The van der Waals surface area contributed by atoms with Gasteiger partial charge < -0.3 is 9.64 Å². The van der Waals surface area contributed by atoms with Gasteiger partial charge in [-0.1, -0.05) is 13.0 Å². The van der Waals surface area contributed by atoms with Crippen LogP contribution in [0.2, 0.25) is 0 Å². The van der Waals surface area contributed by atoms with Crippen LogP contribution in [0.15, 0.2) is 12.2 Å². The number of likely N-dealkylation sites (tertiary alicyclic amines) is 1. The van der Waals surface area contributed by atoms with E-state index in [1.165, 1.54) is 6.08 Å². The zero-order chi connectivity index (χ0) is 13.1. The molecule has 4 heteroatoms. The van der Waals surface area contributed by atoms with E-state index >= 15 is 0 Å². The summed E-state index contributed by atoms with van der Waals surface area (Å²) in [5.41, 5.74) is -0.484. The van der Waals surface area contributed by atoms with Crippen LogP contribution >= 0.6 is 0 Å². The molecule has 1 heterocycles. The minimum Gasteiger partial charge on any atom is -0.444 e. The maximum absolute atomic E-state index is 12.0. The Bertz CT molecular complexity index is 317. The molecule has 0 aromatic heterocycles. The highest BCUT2D eigenvalue weighted by Crippen LogP contribution is 2.26. The largest absolute Gasteiger partial charge is 0.444 e. The summed E-state index contributed by atoms with van der Waals surface area (Å²) in [6.45, 7) is 8.30. The van der Waals surface area contributed by atoms with Crippen LogP contribution in [-0.4, -0.2) is 35.5 Å². The minimum absolute atomic E-state index is 0.0324. The topological polar surface area (TPSA) is 46.6 Å². The summed E-state index contributed by atoms with van der Waals surface area (Å²) in [6, 6.07) is -0.0324. The van der Waals surface area contributed by atoms with Gasteiger partial charge in [-0.2, -0.15) is 0 Å². The van der Waals surface area contributed by atoms with E-state index < -0.39 is 5.60 Å². The molecular formula is C13H21NO3. The van der Waals surface area contributed by atoms with Gasteiger partial charge in [0.2, 0.25) is 0 Å². The van der Waals surface area contributed by atoms with E-state index in [0.29, 0.717) is 12.5 Å². The van der Waals surface area contributed by atoms with E-state index in [4.69, 9.17) is 4.74 Å². The third-order valence-corrected chi connectivity index (χ3v) is 2.78. The van der Waals surface area contributed by atoms with Crippen molar-refractivity contribution in [1.29, 1.82) is 0 Å². The van der Waals surface area contributed by atoms with E-state index in [1.54, 1.807) is 11.0 Å². The van der Waals surface area contributed by atoms with Crippen LogP contribution in [0.25, 0.3) is 0 Å². The Labute approximate surface area is 103 Å². The Balaban J connectivity index is 2.72. The average molecular weight is 239 g/mol. The van der Waals surface area contributed by atoms with Gasteiger partial charge in [0, 0.05) is 6.54 Å². The van der Waals surface area contributed by atoms with E-state index in [1.807, 2.05) is 20.8 Å². The fourth-order valence-electron chi connectivity index (χ4n) is 1.96. The summed E-state index contributed by atoms with van der Waals surface area (Å²) in [5.74, 6) is 0.360. The average Bonchev–Trinajstić information content (AvgIpc) is 2.54. The second-order valence-corrected chi connectivity index (χ2v) is 5.45. The fraction of sp³-hybridized carbons (Fsp3) is 0.692. The lowest BCUT2D eigenvalue weighted by atomic mass is 10.0. The highest BCUT2D eigenvalue weighted by Gasteiger charge is 2.35. The maximum Gasteiger partial charge on any atom is 0.410 e. The molecule has 0 unspecified atom stereocenters. The lowest BCUT2D eigenvalue weighted by Crippen LogP contribution is -2.40. The monoisotopic (exact) mass is 239 g/mol. The van der Waals surface area contributed by atoms with Gasteiger partial charge in [0.05, 0.1) is 6.04 Å². The smallest absolute Gasteiger partial charge is 0.410 e. The standard InChI is InChI=1S/C13H21NO3/c1-10-7-8-14(11(10)6-5-9-15)12(16)17-13(2,3)4/h5-6,9-11H,7-8H2,1-4H3/b6-5+/t10-,11+/m0/s1. The zero-order valence-corrected chi connectivity index (χ0v) is 11.0. The van der Waals surface area contributed by atoms with Crippen molar-refractivity contribution < 1.29 is 14.3 Å². The molecule has 1 aliphatic heterocycles. The Kier molecular flexibility index (Phi) is 4.32. The number of nitrogens with zero attached hydrogens (tertiary/aromatic N) is 1. The summed E-state index contributed by atoms with van der Waals surface area (Å²) in [4.78, 5) is 24.0. The van der Waals surface area contributed by atoms with Gasteiger partial charge in [-0.05, 0) is 39.2 Å². The Hall–Kier alpha value is -1.32. The van der Waals surface area contributed by atoms with Crippen LogP contribution < -0.4 is 0 Å². The van der Waals surface area contributed by atoms with Crippen molar-refractivity contribution in [2.24, 2.45) is 5.92 Å². The number of carbonyl (C=O) groups is 2. The van der Waals surface area contributed by atoms with Crippen molar-refractivity contribution in [3.05, 3.63) is 12.2 Å². The van der Waals surface area contributed by atoms with Gasteiger partial charge in [0.1, 0.15) is 11.9 Å². The summed E-state index contributed by atoms with van der Waals surface area (Å²) in [6.07, 6.45) is 4.59. The Morgan fingerprint density at radius 3 is 2.59 bits per heavy atom. The molecule has 1 amide bonds. The molecule has 1 saturated heterocycles. The van der Waals surface area contributed by atoms with Crippen molar-refractivity contribution in [3.8, 4) is 0 Å². The molecule has 0 spiro atoms. The molecule has 0 bridgehead atoms. The van der Waals surface area contributed by atoms with Gasteiger partial charge in [-0.15, -0.1) is 0 Å². The molecular weight excluding hydrogens is 218 g/mol. The molecule has 2 atom stereocenters. The molecule has 1 aliphatic rings.